The molecule has 0 radical (unpaired) electrons. The minimum Gasteiger partial charge on any atom is -0.496 e. The first-order valence-electron chi connectivity index (χ1n) is 12.7. The molecule has 0 spiro atoms. The Bertz CT molecular complexity index is 1710. The summed E-state index contributed by atoms with van der Waals surface area (Å²) in [6.45, 7) is 0.0705. The summed E-state index contributed by atoms with van der Waals surface area (Å²) in [4.78, 5) is 12.7. The molecule has 0 atom stereocenters. The number of benzene rings is 4. The van der Waals surface area contributed by atoms with Crippen LogP contribution in [-0.2, 0) is 21.5 Å². The number of rotatable bonds is 10. The number of alkyl halides is 3. The van der Waals surface area contributed by atoms with Crippen LogP contribution in [0.3, 0.4) is 0 Å². The van der Waals surface area contributed by atoms with E-state index in [1.807, 2.05) is 30.3 Å². The fraction of sp³-hybridized carbons (Fsp3) is 0.194. The van der Waals surface area contributed by atoms with Gasteiger partial charge in [-0.05, 0) is 53.1 Å². The van der Waals surface area contributed by atoms with Crippen molar-refractivity contribution in [1.82, 2.24) is 0 Å². The molecule has 4 rings (SSSR count). The molecule has 0 N–H and O–H groups in total. The summed E-state index contributed by atoms with van der Waals surface area (Å²) in [7, 11) is 0.227. The van der Waals surface area contributed by atoms with Gasteiger partial charge in [-0.25, -0.2) is 0 Å². The van der Waals surface area contributed by atoms with E-state index in [4.69, 9.17) is 18.4 Å². The van der Waals surface area contributed by atoms with Crippen LogP contribution in [0, 0.1) is 0 Å². The Morgan fingerprint density at radius 2 is 1.35 bits per heavy atom. The summed E-state index contributed by atoms with van der Waals surface area (Å²) in [5.74, 6) is -1.09. The van der Waals surface area contributed by atoms with Crippen molar-refractivity contribution in [2.24, 2.45) is 0 Å². The highest BCUT2D eigenvalue weighted by Crippen LogP contribution is 2.43. The van der Waals surface area contributed by atoms with E-state index in [2.05, 4.69) is 0 Å². The van der Waals surface area contributed by atoms with Gasteiger partial charge in [-0.3, -0.25) is 4.79 Å². The zero-order valence-corrected chi connectivity index (χ0v) is 24.5. The van der Waals surface area contributed by atoms with Gasteiger partial charge in [0.2, 0.25) is 0 Å². The first-order chi connectivity index (χ1) is 20.3. The monoisotopic (exact) mass is 615 g/mol. The number of methoxy groups -OCH3 is 2. The topological polar surface area (TPSA) is 91.4 Å². The molecule has 0 saturated heterocycles. The molecule has 0 heterocycles. The first kappa shape index (κ1) is 31.2. The molecule has 0 aliphatic rings. The highest BCUT2D eigenvalue weighted by molar-refractivity contribution is 7.86. The van der Waals surface area contributed by atoms with Crippen molar-refractivity contribution in [1.29, 1.82) is 0 Å². The second-order valence-corrected chi connectivity index (χ2v) is 11.0. The summed E-state index contributed by atoms with van der Waals surface area (Å²) < 4.78 is 85.1. The Labute approximate surface area is 247 Å². The van der Waals surface area contributed by atoms with Crippen LogP contribution in [0.2, 0.25) is 0 Å². The Hall–Kier alpha value is -4.71. The number of halogens is 3. The number of ether oxygens (including phenoxy) is 3. The summed E-state index contributed by atoms with van der Waals surface area (Å²) in [6.07, 6.45) is -4.16. The van der Waals surface area contributed by atoms with E-state index in [1.54, 1.807) is 30.3 Å². The molecule has 0 fully saturated rings. The van der Waals surface area contributed by atoms with Crippen LogP contribution in [0.4, 0.5) is 18.9 Å². The SMILES string of the molecule is COc1cc(-c2ccc(OCc3ccccc3)c(N(C)C(=O)C(F)(F)F)c2)c(OC)cc1-c1ccc(OS(C)(=O)=O)cc1. The molecule has 0 bridgehead atoms. The summed E-state index contributed by atoms with van der Waals surface area (Å²) in [5, 5.41) is 0. The average molecular weight is 616 g/mol. The largest absolute Gasteiger partial charge is 0.496 e. The van der Waals surface area contributed by atoms with Gasteiger partial charge >= 0.3 is 22.2 Å². The van der Waals surface area contributed by atoms with Crippen LogP contribution in [0.5, 0.6) is 23.0 Å². The van der Waals surface area contributed by atoms with Crippen LogP contribution in [0.15, 0.2) is 84.9 Å². The van der Waals surface area contributed by atoms with Crippen LogP contribution in [-0.4, -0.2) is 48.0 Å². The van der Waals surface area contributed by atoms with E-state index < -0.39 is 22.2 Å². The second kappa shape index (κ2) is 12.7. The van der Waals surface area contributed by atoms with Crippen molar-refractivity contribution in [3.05, 3.63) is 90.5 Å². The molecule has 4 aromatic rings. The van der Waals surface area contributed by atoms with E-state index in [0.29, 0.717) is 38.7 Å². The predicted molar refractivity (Wildman–Crippen MR) is 156 cm³/mol. The van der Waals surface area contributed by atoms with E-state index in [0.717, 1.165) is 18.9 Å². The number of carbonyl (C=O) groups excluding carboxylic acids is 1. The summed E-state index contributed by atoms with van der Waals surface area (Å²) >= 11 is 0. The van der Waals surface area contributed by atoms with Crippen LogP contribution >= 0.6 is 0 Å². The van der Waals surface area contributed by atoms with Crippen molar-refractivity contribution in [2.75, 3.05) is 32.4 Å². The maximum Gasteiger partial charge on any atom is 0.471 e. The number of hydrogen-bond acceptors (Lipinski definition) is 7. The standard InChI is InChI=1S/C31H28F3NO7S/c1-35(30(36)31(32,33)34)26-16-22(12-15-27(26)41-19-20-8-6-5-7-9-20)25-18-28(39-2)24(17-29(25)40-3)21-10-13-23(14-11-21)42-43(4,37)38/h5-18H,19H2,1-4H3. The second-order valence-electron chi connectivity index (χ2n) is 9.38. The number of nitrogens with zero attached hydrogens (tertiary/aromatic N) is 1. The molecule has 12 heteroatoms. The third-order valence-corrected chi connectivity index (χ3v) is 6.85. The Balaban J connectivity index is 1.77. The molecule has 0 aliphatic heterocycles. The van der Waals surface area contributed by atoms with Gasteiger partial charge in [-0.15, -0.1) is 0 Å². The normalized spacial score (nSPS) is 11.5. The van der Waals surface area contributed by atoms with Crippen molar-refractivity contribution in [2.45, 2.75) is 12.8 Å². The Morgan fingerprint density at radius 1 is 0.791 bits per heavy atom. The molecule has 4 aromatic carbocycles. The maximum absolute atomic E-state index is 13.4. The molecule has 8 nitrogen and oxygen atoms in total. The lowest BCUT2D eigenvalue weighted by Crippen LogP contribution is -2.38. The van der Waals surface area contributed by atoms with Gasteiger partial charge in [-0.1, -0.05) is 48.5 Å². The predicted octanol–water partition coefficient (Wildman–Crippen LogP) is 6.48. The Morgan fingerprint density at radius 3 is 1.88 bits per heavy atom. The van der Waals surface area contributed by atoms with Crippen molar-refractivity contribution in [3.63, 3.8) is 0 Å². The number of carbonyl (C=O) groups is 1. The lowest BCUT2D eigenvalue weighted by atomic mass is 9.97. The minimum absolute atomic E-state index is 0.0705. The molecule has 43 heavy (non-hydrogen) atoms. The fourth-order valence-electron chi connectivity index (χ4n) is 4.32. The molecular formula is C31H28F3NO7S. The molecule has 0 aliphatic carbocycles. The summed E-state index contributed by atoms with van der Waals surface area (Å²) in [5.41, 5.74) is 2.86. The molecule has 0 aromatic heterocycles. The van der Waals surface area contributed by atoms with Gasteiger partial charge in [0, 0.05) is 18.2 Å². The van der Waals surface area contributed by atoms with Crippen molar-refractivity contribution < 1.29 is 44.8 Å². The van der Waals surface area contributed by atoms with Crippen molar-refractivity contribution >= 4 is 21.7 Å². The molecule has 0 unspecified atom stereocenters. The smallest absolute Gasteiger partial charge is 0.471 e. The van der Waals surface area contributed by atoms with E-state index in [1.165, 1.54) is 38.5 Å². The maximum atomic E-state index is 13.4. The van der Waals surface area contributed by atoms with E-state index in [9.17, 15) is 26.4 Å². The zero-order chi connectivity index (χ0) is 31.4. The average Bonchev–Trinajstić information content (AvgIpc) is 2.98. The molecular weight excluding hydrogens is 587 g/mol. The van der Waals surface area contributed by atoms with Crippen molar-refractivity contribution in [3.8, 4) is 45.3 Å². The van der Waals surface area contributed by atoms with Gasteiger partial charge in [0.25, 0.3) is 0 Å². The van der Waals surface area contributed by atoms with Crippen LogP contribution < -0.4 is 23.3 Å². The highest BCUT2D eigenvalue weighted by atomic mass is 32.2. The van der Waals surface area contributed by atoms with E-state index >= 15 is 0 Å². The minimum atomic E-state index is -5.11. The molecule has 1 amide bonds. The van der Waals surface area contributed by atoms with Gasteiger partial charge in [0.1, 0.15) is 29.6 Å². The number of anilines is 1. The first-order valence-corrected chi connectivity index (χ1v) is 14.5. The highest BCUT2D eigenvalue weighted by Gasteiger charge is 2.42. The lowest BCUT2D eigenvalue weighted by molar-refractivity contribution is -0.170. The quantitative estimate of drug-likeness (QED) is 0.189. The fourth-order valence-corrected chi connectivity index (χ4v) is 4.78. The third-order valence-electron chi connectivity index (χ3n) is 6.35. The summed E-state index contributed by atoms with van der Waals surface area (Å²) in [6, 6.07) is 23.2. The molecule has 226 valence electrons. The number of hydrogen-bond donors (Lipinski definition) is 0. The number of amides is 1. The van der Waals surface area contributed by atoms with Gasteiger partial charge < -0.3 is 23.3 Å². The van der Waals surface area contributed by atoms with Gasteiger partial charge in [0.15, 0.2) is 0 Å². The zero-order valence-electron chi connectivity index (χ0n) is 23.6. The van der Waals surface area contributed by atoms with Gasteiger partial charge in [0.05, 0.1) is 26.2 Å². The van der Waals surface area contributed by atoms with Crippen LogP contribution in [0.25, 0.3) is 22.3 Å². The third kappa shape index (κ3) is 7.58. The van der Waals surface area contributed by atoms with E-state index in [-0.39, 0.29) is 23.8 Å². The lowest BCUT2D eigenvalue weighted by Gasteiger charge is -2.23. The molecule has 0 saturated carbocycles. The van der Waals surface area contributed by atoms with Crippen LogP contribution in [0.1, 0.15) is 5.56 Å². The van der Waals surface area contributed by atoms with Gasteiger partial charge in [-0.2, -0.15) is 21.6 Å². The Kier molecular flexibility index (Phi) is 9.19.